The summed E-state index contributed by atoms with van der Waals surface area (Å²) in [7, 11) is 3.30. The average molecular weight is 557 g/mol. The molecule has 32 heavy (non-hydrogen) atoms. The average Bonchev–Trinajstić information content (AvgIpc) is 3.29. The second-order valence-corrected chi connectivity index (χ2v) is 8.24. The predicted octanol–water partition coefficient (Wildman–Crippen LogP) is 2.39. The summed E-state index contributed by atoms with van der Waals surface area (Å²) >= 11 is 0. The van der Waals surface area contributed by atoms with Crippen molar-refractivity contribution >= 4 is 41.8 Å². The van der Waals surface area contributed by atoms with Crippen molar-refractivity contribution < 1.29 is 14.3 Å². The molecule has 8 nitrogen and oxygen atoms in total. The number of methoxy groups -OCH3 is 1. The number of nitrogens with one attached hydrogen (secondary N) is 3. The highest BCUT2D eigenvalue weighted by Gasteiger charge is 2.31. The highest BCUT2D eigenvalue weighted by Crippen LogP contribution is 2.26. The molecule has 2 fully saturated rings. The molecule has 2 aliphatic rings. The van der Waals surface area contributed by atoms with E-state index in [0.29, 0.717) is 36.3 Å². The van der Waals surface area contributed by atoms with Crippen molar-refractivity contribution in [2.45, 2.75) is 44.6 Å². The number of hydrogen-bond donors (Lipinski definition) is 3. The van der Waals surface area contributed by atoms with Crippen molar-refractivity contribution in [3.63, 3.8) is 0 Å². The van der Waals surface area contributed by atoms with Gasteiger partial charge in [0.2, 0.25) is 5.91 Å². The molecule has 1 aromatic carbocycles. The van der Waals surface area contributed by atoms with Crippen LogP contribution < -0.4 is 20.7 Å². The molecule has 0 bridgehead atoms. The number of benzene rings is 1. The molecule has 1 unspecified atom stereocenters. The van der Waals surface area contributed by atoms with Crippen LogP contribution in [-0.4, -0.2) is 69.1 Å². The molecule has 0 spiro atoms. The fourth-order valence-electron chi connectivity index (χ4n) is 4.30. The zero-order valence-electron chi connectivity index (χ0n) is 19.1. The number of likely N-dealkylation sites (tertiary alicyclic amines) is 1. The summed E-state index contributed by atoms with van der Waals surface area (Å²) in [6.07, 6.45) is 6.62. The largest absolute Gasteiger partial charge is 0.497 e. The lowest BCUT2D eigenvalue weighted by atomic mass is 9.88. The number of hydrogen-bond acceptors (Lipinski definition) is 4. The Morgan fingerprint density at radius 1 is 1.12 bits per heavy atom. The van der Waals surface area contributed by atoms with Gasteiger partial charge in [-0.2, -0.15) is 0 Å². The van der Waals surface area contributed by atoms with Crippen LogP contribution in [0.3, 0.4) is 0 Å². The maximum Gasteiger partial charge on any atom is 0.251 e. The van der Waals surface area contributed by atoms with Gasteiger partial charge in [-0.3, -0.25) is 14.6 Å². The van der Waals surface area contributed by atoms with Crippen LogP contribution in [0.25, 0.3) is 0 Å². The number of halogens is 1. The molecule has 178 valence electrons. The molecule has 9 heteroatoms. The van der Waals surface area contributed by atoms with Crippen LogP contribution >= 0.6 is 24.0 Å². The Morgan fingerprint density at radius 2 is 1.88 bits per heavy atom. The number of nitrogens with zero attached hydrogens (tertiary/aromatic N) is 2. The molecule has 1 saturated carbocycles. The summed E-state index contributed by atoms with van der Waals surface area (Å²) in [5.74, 6) is 1.75. The number of ether oxygens (including phenoxy) is 1. The van der Waals surface area contributed by atoms with Crippen molar-refractivity contribution in [1.82, 2.24) is 20.9 Å². The van der Waals surface area contributed by atoms with Crippen LogP contribution in [0.4, 0.5) is 0 Å². The van der Waals surface area contributed by atoms with Crippen LogP contribution in [0.5, 0.6) is 5.75 Å². The van der Waals surface area contributed by atoms with E-state index < -0.39 is 0 Å². The predicted molar refractivity (Wildman–Crippen MR) is 137 cm³/mol. The van der Waals surface area contributed by atoms with Gasteiger partial charge in [-0.1, -0.05) is 25.3 Å². The third kappa shape index (κ3) is 7.53. The standard InChI is InChI=1S/C23H35N5O3.HI/c1-24-23(26-13-12-25-21(29)18-9-6-10-20(15-18)31-2)27-19-11-14-28(16-19)22(30)17-7-4-3-5-8-17;/h6,9-10,15,17,19H,3-5,7-8,11-14,16H2,1-2H3,(H,25,29)(H2,24,26,27);1H. The van der Waals surface area contributed by atoms with E-state index in [1.807, 2.05) is 4.90 Å². The Kier molecular flexibility index (Phi) is 11.1. The highest BCUT2D eigenvalue weighted by molar-refractivity contribution is 14.0. The maximum absolute atomic E-state index is 12.7. The zero-order valence-corrected chi connectivity index (χ0v) is 21.4. The van der Waals surface area contributed by atoms with E-state index in [0.717, 1.165) is 32.4 Å². The van der Waals surface area contributed by atoms with Gasteiger partial charge in [0, 0.05) is 50.7 Å². The van der Waals surface area contributed by atoms with E-state index in [1.165, 1.54) is 19.3 Å². The van der Waals surface area contributed by atoms with Gasteiger partial charge in [0.05, 0.1) is 7.11 Å². The Balaban J connectivity index is 0.00000363. The first kappa shape index (κ1) is 26.2. The SMILES string of the molecule is CN=C(NCCNC(=O)c1cccc(OC)c1)NC1CCN(C(=O)C2CCCCC2)C1.I. The molecule has 0 aromatic heterocycles. The lowest BCUT2D eigenvalue weighted by Gasteiger charge is -2.26. The van der Waals surface area contributed by atoms with E-state index >= 15 is 0 Å². The van der Waals surface area contributed by atoms with Gasteiger partial charge in [0.1, 0.15) is 5.75 Å². The maximum atomic E-state index is 12.7. The smallest absolute Gasteiger partial charge is 0.251 e. The zero-order chi connectivity index (χ0) is 22.1. The highest BCUT2D eigenvalue weighted by atomic mass is 127. The summed E-state index contributed by atoms with van der Waals surface area (Å²) in [4.78, 5) is 31.3. The Labute approximate surface area is 208 Å². The van der Waals surface area contributed by atoms with E-state index in [4.69, 9.17) is 4.74 Å². The van der Waals surface area contributed by atoms with Crippen LogP contribution in [0.15, 0.2) is 29.3 Å². The number of carbonyl (C=O) groups excluding carboxylic acids is 2. The first-order chi connectivity index (χ1) is 15.1. The minimum Gasteiger partial charge on any atom is -0.497 e. The first-order valence-corrected chi connectivity index (χ1v) is 11.3. The van der Waals surface area contributed by atoms with Crippen molar-refractivity contribution in [1.29, 1.82) is 0 Å². The van der Waals surface area contributed by atoms with Gasteiger partial charge >= 0.3 is 0 Å². The van der Waals surface area contributed by atoms with Crippen molar-refractivity contribution in [2.75, 3.05) is 40.3 Å². The van der Waals surface area contributed by atoms with E-state index in [-0.39, 0.29) is 41.8 Å². The van der Waals surface area contributed by atoms with Crippen LogP contribution in [0, 0.1) is 5.92 Å². The number of carbonyl (C=O) groups is 2. The number of aliphatic imine (C=N–C) groups is 1. The second-order valence-electron chi connectivity index (χ2n) is 8.24. The molecule has 1 aliphatic heterocycles. The molecule has 1 aromatic rings. The number of rotatable bonds is 7. The fraction of sp³-hybridized carbons (Fsp3) is 0.609. The van der Waals surface area contributed by atoms with Crippen LogP contribution in [0.2, 0.25) is 0 Å². The minimum atomic E-state index is -0.142. The van der Waals surface area contributed by atoms with Gasteiger partial charge in [-0.05, 0) is 37.5 Å². The van der Waals surface area contributed by atoms with Gasteiger partial charge in [-0.25, -0.2) is 0 Å². The quantitative estimate of drug-likeness (QED) is 0.207. The monoisotopic (exact) mass is 557 g/mol. The van der Waals surface area contributed by atoms with E-state index in [2.05, 4.69) is 20.9 Å². The third-order valence-corrected chi connectivity index (χ3v) is 6.05. The molecule has 3 rings (SSSR count). The molecular formula is C23H36IN5O3. The molecule has 1 saturated heterocycles. The van der Waals surface area contributed by atoms with Crippen molar-refractivity contribution in [2.24, 2.45) is 10.9 Å². The van der Waals surface area contributed by atoms with Crippen LogP contribution in [0.1, 0.15) is 48.9 Å². The van der Waals surface area contributed by atoms with Crippen LogP contribution in [-0.2, 0) is 4.79 Å². The molecule has 3 N–H and O–H groups in total. The summed E-state index contributed by atoms with van der Waals surface area (Å²) in [6.45, 7) is 2.55. The summed E-state index contributed by atoms with van der Waals surface area (Å²) < 4.78 is 5.16. The van der Waals surface area contributed by atoms with Gasteiger partial charge in [0.25, 0.3) is 5.91 Å². The normalized spacial score (nSPS) is 19.1. The lowest BCUT2D eigenvalue weighted by molar-refractivity contribution is -0.135. The summed E-state index contributed by atoms with van der Waals surface area (Å²) in [5, 5.41) is 9.52. The van der Waals surface area contributed by atoms with Gasteiger partial charge in [-0.15, -0.1) is 24.0 Å². The molecule has 2 amide bonds. The fourth-order valence-corrected chi connectivity index (χ4v) is 4.30. The third-order valence-electron chi connectivity index (χ3n) is 6.05. The molecule has 1 aliphatic carbocycles. The Hall–Kier alpha value is -2.04. The summed E-state index contributed by atoms with van der Waals surface area (Å²) in [6, 6.07) is 7.27. The molecule has 0 radical (unpaired) electrons. The van der Waals surface area contributed by atoms with E-state index in [9.17, 15) is 9.59 Å². The molecule has 1 heterocycles. The lowest BCUT2D eigenvalue weighted by Crippen LogP contribution is -2.47. The van der Waals surface area contributed by atoms with Crippen molar-refractivity contribution in [3.05, 3.63) is 29.8 Å². The molecule has 1 atom stereocenters. The van der Waals surface area contributed by atoms with Gasteiger partial charge < -0.3 is 25.6 Å². The topological polar surface area (TPSA) is 95.1 Å². The Bertz CT molecular complexity index is 783. The minimum absolute atomic E-state index is 0. The van der Waals surface area contributed by atoms with Crippen molar-refractivity contribution in [3.8, 4) is 5.75 Å². The Morgan fingerprint density at radius 3 is 2.59 bits per heavy atom. The number of amides is 2. The molecular weight excluding hydrogens is 521 g/mol. The van der Waals surface area contributed by atoms with Gasteiger partial charge in [0.15, 0.2) is 5.96 Å². The first-order valence-electron chi connectivity index (χ1n) is 11.3. The summed E-state index contributed by atoms with van der Waals surface area (Å²) in [5.41, 5.74) is 0.565. The van der Waals surface area contributed by atoms with E-state index in [1.54, 1.807) is 38.4 Å². The second kappa shape index (κ2) is 13.5. The number of guanidine groups is 1.